The van der Waals surface area contributed by atoms with E-state index in [-0.39, 0.29) is 24.3 Å². The van der Waals surface area contributed by atoms with Crippen LogP contribution in [0.4, 0.5) is 0 Å². The van der Waals surface area contributed by atoms with Crippen molar-refractivity contribution in [3.05, 3.63) is 29.3 Å². The first-order valence-electron chi connectivity index (χ1n) is 8.32. The Balaban J connectivity index is 1.98. The summed E-state index contributed by atoms with van der Waals surface area (Å²) in [5.74, 6) is 0.810. The predicted molar refractivity (Wildman–Crippen MR) is 92.0 cm³/mol. The van der Waals surface area contributed by atoms with Crippen molar-refractivity contribution in [2.24, 2.45) is 0 Å². The first-order valence-corrected chi connectivity index (χ1v) is 8.32. The lowest BCUT2D eigenvalue weighted by Crippen LogP contribution is -2.44. The molecule has 0 spiro atoms. The van der Waals surface area contributed by atoms with Gasteiger partial charge in [0.15, 0.2) is 0 Å². The van der Waals surface area contributed by atoms with Crippen molar-refractivity contribution in [1.82, 2.24) is 10.6 Å². The maximum absolute atomic E-state index is 10.1. The van der Waals surface area contributed by atoms with Crippen LogP contribution in [0.1, 0.15) is 31.9 Å². The third-order valence-corrected chi connectivity index (χ3v) is 4.22. The first kappa shape index (κ1) is 18.2. The minimum absolute atomic E-state index is 0.0248. The Labute approximate surface area is 139 Å². The Kier molecular flexibility index (Phi) is 6.03. The third-order valence-electron chi connectivity index (χ3n) is 4.22. The molecular formula is C18H30N2O3. The van der Waals surface area contributed by atoms with Crippen LogP contribution in [0.3, 0.4) is 0 Å². The van der Waals surface area contributed by atoms with Gasteiger partial charge in [0.1, 0.15) is 18.5 Å². The molecule has 23 heavy (non-hydrogen) atoms. The van der Waals surface area contributed by atoms with Crippen LogP contribution in [-0.2, 0) is 12.8 Å². The largest absolute Gasteiger partial charge is 0.491 e. The topological polar surface area (TPSA) is 73.8 Å². The molecule has 0 radical (unpaired) electrons. The molecule has 0 aromatic heterocycles. The minimum atomic E-state index is -0.556. The zero-order valence-electron chi connectivity index (χ0n) is 14.6. The van der Waals surface area contributed by atoms with Gasteiger partial charge in [0, 0.05) is 24.5 Å². The van der Waals surface area contributed by atoms with Gasteiger partial charge in [-0.2, -0.15) is 0 Å². The smallest absolute Gasteiger partial charge is 0.122 e. The van der Waals surface area contributed by atoms with Gasteiger partial charge < -0.3 is 25.6 Å². The van der Waals surface area contributed by atoms with Gasteiger partial charge in [0.25, 0.3) is 0 Å². The predicted octanol–water partition coefficient (Wildman–Crippen LogP) is 0.862. The average Bonchev–Trinajstić information content (AvgIpc) is 2.49. The summed E-state index contributed by atoms with van der Waals surface area (Å²) < 4.78 is 5.86. The van der Waals surface area contributed by atoms with Crippen LogP contribution in [0.5, 0.6) is 5.75 Å². The van der Waals surface area contributed by atoms with Crippen molar-refractivity contribution in [3.63, 3.8) is 0 Å². The van der Waals surface area contributed by atoms with Crippen LogP contribution in [0.15, 0.2) is 18.2 Å². The lowest BCUT2D eigenvalue weighted by molar-refractivity contribution is 0.0972. The van der Waals surface area contributed by atoms with Crippen LogP contribution in [-0.4, -0.2) is 54.2 Å². The molecular weight excluding hydrogens is 292 g/mol. The second kappa shape index (κ2) is 7.62. The van der Waals surface area contributed by atoms with E-state index in [0.717, 1.165) is 23.3 Å². The summed E-state index contributed by atoms with van der Waals surface area (Å²) in [6.45, 7) is 6.95. The van der Waals surface area contributed by atoms with Gasteiger partial charge in [0.05, 0.1) is 6.10 Å². The van der Waals surface area contributed by atoms with Gasteiger partial charge >= 0.3 is 0 Å². The number of rotatable bonds is 6. The fourth-order valence-electron chi connectivity index (χ4n) is 2.86. The second-order valence-corrected chi connectivity index (χ2v) is 7.36. The van der Waals surface area contributed by atoms with E-state index in [2.05, 4.69) is 31.4 Å². The Bertz CT molecular complexity index is 513. The summed E-state index contributed by atoms with van der Waals surface area (Å²) in [4.78, 5) is 0. The Morgan fingerprint density at radius 3 is 2.70 bits per heavy atom. The highest BCUT2D eigenvalue weighted by Gasteiger charge is 2.27. The average molecular weight is 322 g/mol. The van der Waals surface area contributed by atoms with E-state index in [1.807, 2.05) is 25.2 Å². The molecule has 5 heteroatoms. The van der Waals surface area contributed by atoms with E-state index >= 15 is 0 Å². The summed E-state index contributed by atoms with van der Waals surface area (Å²) in [6.07, 6.45) is 0.440. The molecule has 2 rings (SSSR count). The molecule has 0 saturated heterocycles. The molecule has 1 aliphatic carbocycles. The Morgan fingerprint density at radius 1 is 1.30 bits per heavy atom. The lowest BCUT2D eigenvalue weighted by Gasteiger charge is -2.31. The highest BCUT2D eigenvalue weighted by molar-refractivity contribution is 5.43. The number of fused-ring (bicyclic) bond motifs is 1. The number of benzene rings is 1. The van der Waals surface area contributed by atoms with Gasteiger partial charge in [-0.1, -0.05) is 12.1 Å². The molecule has 3 atom stereocenters. The van der Waals surface area contributed by atoms with Crippen LogP contribution < -0.4 is 15.4 Å². The van der Waals surface area contributed by atoms with Gasteiger partial charge in [-0.15, -0.1) is 0 Å². The van der Waals surface area contributed by atoms with E-state index in [4.69, 9.17) is 4.74 Å². The molecule has 0 saturated carbocycles. The Morgan fingerprint density at radius 2 is 2.04 bits per heavy atom. The van der Waals surface area contributed by atoms with E-state index in [9.17, 15) is 10.2 Å². The summed E-state index contributed by atoms with van der Waals surface area (Å²) in [6, 6.07) is 5.96. The zero-order chi connectivity index (χ0) is 17.0. The third kappa shape index (κ3) is 5.18. The van der Waals surface area contributed by atoms with Crippen molar-refractivity contribution >= 4 is 0 Å². The van der Waals surface area contributed by atoms with Crippen LogP contribution >= 0.6 is 0 Å². The molecule has 5 nitrogen and oxygen atoms in total. The summed E-state index contributed by atoms with van der Waals surface area (Å²) >= 11 is 0. The van der Waals surface area contributed by atoms with Crippen molar-refractivity contribution in [1.29, 1.82) is 0 Å². The molecule has 0 aliphatic heterocycles. The SMILES string of the molecule is CNC1Cc2c(cccc2OCC(O)CNC(C)(C)C)CC1O. The number of nitrogens with one attached hydrogen (secondary N) is 2. The molecule has 1 aliphatic rings. The Hall–Kier alpha value is -1.14. The van der Waals surface area contributed by atoms with Gasteiger partial charge in [0.2, 0.25) is 0 Å². The zero-order valence-corrected chi connectivity index (χ0v) is 14.6. The molecule has 130 valence electrons. The summed E-state index contributed by atoms with van der Waals surface area (Å²) in [7, 11) is 1.87. The second-order valence-electron chi connectivity index (χ2n) is 7.36. The molecule has 0 fully saturated rings. The van der Waals surface area contributed by atoms with Crippen molar-refractivity contribution < 1.29 is 14.9 Å². The molecule has 0 heterocycles. The van der Waals surface area contributed by atoms with Gasteiger partial charge in [-0.05, 0) is 51.4 Å². The fourth-order valence-corrected chi connectivity index (χ4v) is 2.86. The number of aliphatic hydroxyl groups is 2. The summed E-state index contributed by atoms with van der Waals surface area (Å²) in [5, 5.41) is 26.6. The van der Waals surface area contributed by atoms with Crippen molar-refractivity contribution in [2.75, 3.05) is 20.2 Å². The molecule has 3 unspecified atom stereocenters. The van der Waals surface area contributed by atoms with E-state index < -0.39 is 6.10 Å². The van der Waals surface area contributed by atoms with E-state index in [0.29, 0.717) is 13.0 Å². The van der Waals surface area contributed by atoms with Gasteiger partial charge in [-0.25, -0.2) is 0 Å². The number of hydrogen-bond acceptors (Lipinski definition) is 5. The van der Waals surface area contributed by atoms with E-state index in [1.165, 1.54) is 0 Å². The highest BCUT2D eigenvalue weighted by Crippen LogP contribution is 2.30. The molecule has 0 amide bonds. The quantitative estimate of drug-likeness (QED) is 0.625. The lowest BCUT2D eigenvalue weighted by atomic mass is 9.85. The number of likely N-dealkylation sites (N-methyl/N-ethyl adjacent to an activating group) is 1. The number of aliphatic hydroxyl groups excluding tert-OH is 2. The molecule has 1 aromatic rings. The highest BCUT2D eigenvalue weighted by atomic mass is 16.5. The standard InChI is InChI=1S/C18H30N2O3/c1-18(2,3)20-10-13(21)11-23-17-7-5-6-12-8-16(22)15(19-4)9-14(12)17/h5-7,13,15-16,19-22H,8-11H2,1-4H3. The van der Waals surface area contributed by atoms with Crippen LogP contribution in [0, 0.1) is 0 Å². The summed E-state index contributed by atoms with van der Waals surface area (Å²) in [5.41, 5.74) is 2.24. The first-order chi connectivity index (χ1) is 10.8. The number of ether oxygens (including phenoxy) is 1. The maximum Gasteiger partial charge on any atom is 0.122 e. The number of β-amino-alcohol motifs (C(OH)–C–C–N with tert-alkyl or cyclic N) is 1. The van der Waals surface area contributed by atoms with E-state index in [1.54, 1.807) is 0 Å². The maximum atomic E-state index is 10.1. The fraction of sp³-hybridized carbons (Fsp3) is 0.667. The minimum Gasteiger partial charge on any atom is -0.491 e. The van der Waals surface area contributed by atoms with Crippen molar-refractivity contribution in [3.8, 4) is 5.75 Å². The van der Waals surface area contributed by atoms with Crippen LogP contribution in [0.2, 0.25) is 0 Å². The number of hydrogen-bond donors (Lipinski definition) is 4. The molecule has 4 N–H and O–H groups in total. The van der Waals surface area contributed by atoms with Crippen molar-refractivity contribution in [2.45, 2.75) is 57.4 Å². The van der Waals surface area contributed by atoms with Crippen LogP contribution in [0.25, 0.3) is 0 Å². The normalized spacial score (nSPS) is 22.5. The monoisotopic (exact) mass is 322 g/mol. The molecule has 1 aromatic carbocycles. The van der Waals surface area contributed by atoms with Gasteiger partial charge in [-0.3, -0.25) is 0 Å². The molecule has 0 bridgehead atoms.